The van der Waals surface area contributed by atoms with Gasteiger partial charge in [-0.15, -0.1) is 0 Å². The number of nitrogens with zero attached hydrogens (tertiary/aromatic N) is 4. The number of aryl methyl sites for hydroxylation is 3. The maximum Gasteiger partial charge on any atom is 0.407 e. The Bertz CT molecular complexity index is 1510. The van der Waals surface area contributed by atoms with Crippen LogP contribution in [-0.4, -0.2) is 57.9 Å². The number of anilines is 1. The van der Waals surface area contributed by atoms with Crippen LogP contribution in [-0.2, 0) is 24.4 Å². The standard InChI is InChI=1S/C28H33N7O5/c1-5-35-22(14-18(2)33-35)26(37)32-27-31-21-15-20(25(36)29-3)16-23(39-4)24(21)34(27)13-9-12-30-28(38)40-17-19-10-7-6-8-11-19/h6-8,10-11,14-16H,5,9,12-13,17H2,1-4H3,(H,29,36)(H,30,38)(H,31,32,37). The van der Waals surface area contributed by atoms with E-state index in [9.17, 15) is 14.4 Å². The molecule has 0 fully saturated rings. The van der Waals surface area contributed by atoms with Crippen molar-refractivity contribution in [3.05, 3.63) is 71.0 Å². The van der Waals surface area contributed by atoms with E-state index in [1.807, 2.05) is 44.2 Å². The van der Waals surface area contributed by atoms with Gasteiger partial charge in [-0.25, -0.2) is 9.78 Å². The van der Waals surface area contributed by atoms with Gasteiger partial charge < -0.3 is 24.7 Å². The predicted octanol–water partition coefficient (Wildman–Crippen LogP) is 3.50. The topological polar surface area (TPSA) is 141 Å². The summed E-state index contributed by atoms with van der Waals surface area (Å²) in [5, 5.41) is 12.6. The van der Waals surface area contributed by atoms with Crippen LogP contribution in [0.4, 0.5) is 10.7 Å². The van der Waals surface area contributed by atoms with Gasteiger partial charge in [-0.3, -0.25) is 19.6 Å². The van der Waals surface area contributed by atoms with Crippen LogP contribution in [0.25, 0.3) is 11.0 Å². The molecule has 0 spiro atoms. The fourth-order valence-electron chi connectivity index (χ4n) is 4.31. The maximum absolute atomic E-state index is 13.2. The monoisotopic (exact) mass is 547 g/mol. The Labute approximate surface area is 231 Å². The smallest absolute Gasteiger partial charge is 0.407 e. The van der Waals surface area contributed by atoms with Gasteiger partial charge in [0.05, 0.1) is 18.3 Å². The highest BCUT2D eigenvalue weighted by Gasteiger charge is 2.21. The number of hydrogen-bond donors (Lipinski definition) is 3. The van der Waals surface area contributed by atoms with E-state index in [2.05, 4.69) is 26.0 Å². The van der Waals surface area contributed by atoms with Crippen LogP contribution < -0.4 is 20.7 Å². The summed E-state index contributed by atoms with van der Waals surface area (Å²) in [4.78, 5) is 42.4. The summed E-state index contributed by atoms with van der Waals surface area (Å²) >= 11 is 0. The molecule has 4 aromatic rings. The number of methoxy groups -OCH3 is 1. The summed E-state index contributed by atoms with van der Waals surface area (Å²) in [7, 11) is 3.05. The molecule has 4 rings (SSSR count). The molecule has 0 radical (unpaired) electrons. The van der Waals surface area contributed by atoms with Crippen molar-refractivity contribution in [2.45, 2.75) is 40.0 Å². The quantitative estimate of drug-likeness (QED) is 0.244. The van der Waals surface area contributed by atoms with Crippen molar-refractivity contribution in [2.24, 2.45) is 0 Å². The molecule has 0 atom stereocenters. The number of benzene rings is 2. The van der Waals surface area contributed by atoms with Crippen LogP contribution in [0, 0.1) is 6.92 Å². The van der Waals surface area contributed by atoms with Crippen molar-refractivity contribution in [1.82, 2.24) is 30.0 Å². The third-order valence-corrected chi connectivity index (χ3v) is 6.22. The number of aromatic nitrogens is 4. The Morgan fingerprint density at radius 1 is 1.05 bits per heavy atom. The number of rotatable bonds is 11. The van der Waals surface area contributed by atoms with E-state index in [0.717, 1.165) is 11.3 Å². The second kappa shape index (κ2) is 12.8. The zero-order chi connectivity index (χ0) is 28.6. The Hall–Kier alpha value is -4.87. The van der Waals surface area contributed by atoms with E-state index in [1.54, 1.807) is 34.5 Å². The molecule has 0 saturated heterocycles. The Balaban J connectivity index is 1.55. The molecule has 210 valence electrons. The first-order valence-electron chi connectivity index (χ1n) is 12.9. The molecule has 2 heterocycles. The molecule has 3 N–H and O–H groups in total. The fraction of sp³-hybridized carbons (Fsp3) is 0.321. The van der Waals surface area contributed by atoms with Crippen LogP contribution >= 0.6 is 0 Å². The summed E-state index contributed by atoms with van der Waals surface area (Å²) in [5.74, 6) is 0.0438. The van der Waals surface area contributed by atoms with E-state index >= 15 is 0 Å². The molecular weight excluding hydrogens is 514 g/mol. The zero-order valence-electron chi connectivity index (χ0n) is 23.0. The molecule has 0 unspecified atom stereocenters. The Morgan fingerprint density at radius 3 is 2.52 bits per heavy atom. The zero-order valence-corrected chi connectivity index (χ0v) is 23.0. The highest BCUT2D eigenvalue weighted by molar-refractivity contribution is 6.04. The van der Waals surface area contributed by atoms with Gasteiger partial charge in [0, 0.05) is 32.2 Å². The lowest BCUT2D eigenvalue weighted by molar-refractivity contribution is 0.0961. The van der Waals surface area contributed by atoms with E-state index in [0.29, 0.717) is 54.1 Å². The van der Waals surface area contributed by atoms with Crippen molar-refractivity contribution in [2.75, 3.05) is 26.0 Å². The van der Waals surface area contributed by atoms with E-state index in [4.69, 9.17) is 9.47 Å². The molecule has 0 aliphatic rings. The summed E-state index contributed by atoms with van der Waals surface area (Å²) in [6.45, 7) is 5.13. The minimum Gasteiger partial charge on any atom is -0.494 e. The van der Waals surface area contributed by atoms with Gasteiger partial charge in [-0.05, 0) is 44.0 Å². The molecule has 40 heavy (non-hydrogen) atoms. The number of alkyl carbamates (subject to hydrolysis) is 1. The Morgan fingerprint density at radius 2 is 1.82 bits per heavy atom. The van der Waals surface area contributed by atoms with Crippen LogP contribution in [0.1, 0.15) is 45.4 Å². The van der Waals surface area contributed by atoms with Gasteiger partial charge in [-0.1, -0.05) is 30.3 Å². The molecule has 2 aromatic carbocycles. The average molecular weight is 548 g/mol. The number of carbonyl (C=O) groups excluding carboxylic acids is 3. The van der Waals surface area contributed by atoms with Crippen LogP contribution in [0.15, 0.2) is 48.5 Å². The lowest BCUT2D eigenvalue weighted by Crippen LogP contribution is -2.26. The maximum atomic E-state index is 13.2. The van der Waals surface area contributed by atoms with Gasteiger partial charge in [0.2, 0.25) is 5.95 Å². The molecule has 0 aliphatic carbocycles. The normalized spacial score (nSPS) is 10.8. The van der Waals surface area contributed by atoms with Crippen LogP contribution in [0.3, 0.4) is 0 Å². The van der Waals surface area contributed by atoms with Crippen LogP contribution in [0.2, 0.25) is 0 Å². The van der Waals surface area contributed by atoms with E-state index < -0.39 is 6.09 Å². The number of ether oxygens (including phenoxy) is 2. The third-order valence-electron chi connectivity index (χ3n) is 6.22. The molecule has 2 aromatic heterocycles. The Kier molecular flexibility index (Phi) is 9.00. The number of carbonyl (C=O) groups is 3. The van der Waals surface area contributed by atoms with Gasteiger partial charge in [0.1, 0.15) is 23.6 Å². The minimum atomic E-state index is -0.524. The number of imidazole rings is 1. The molecule has 12 nitrogen and oxygen atoms in total. The molecule has 0 saturated carbocycles. The third kappa shape index (κ3) is 6.40. The summed E-state index contributed by atoms with van der Waals surface area (Å²) in [5.41, 5.74) is 3.48. The first-order valence-corrected chi connectivity index (χ1v) is 12.9. The average Bonchev–Trinajstić information content (AvgIpc) is 3.53. The van der Waals surface area contributed by atoms with Crippen molar-refractivity contribution in [1.29, 1.82) is 0 Å². The minimum absolute atomic E-state index is 0.174. The molecule has 3 amide bonds. The fourth-order valence-corrected chi connectivity index (χ4v) is 4.31. The first kappa shape index (κ1) is 28.1. The van der Waals surface area contributed by atoms with Crippen molar-refractivity contribution in [3.63, 3.8) is 0 Å². The van der Waals surface area contributed by atoms with Gasteiger partial charge in [0.25, 0.3) is 11.8 Å². The van der Waals surface area contributed by atoms with Crippen molar-refractivity contribution >= 4 is 34.9 Å². The highest BCUT2D eigenvalue weighted by Crippen LogP contribution is 2.31. The number of amides is 3. The lowest BCUT2D eigenvalue weighted by atomic mass is 10.1. The van der Waals surface area contributed by atoms with Gasteiger partial charge in [0.15, 0.2) is 0 Å². The lowest BCUT2D eigenvalue weighted by Gasteiger charge is -2.13. The summed E-state index contributed by atoms with van der Waals surface area (Å²) in [6.07, 6.45) is -0.0231. The van der Waals surface area contributed by atoms with Crippen molar-refractivity contribution < 1.29 is 23.9 Å². The van der Waals surface area contributed by atoms with Gasteiger partial charge >= 0.3 is 6.09 Å². The summed E-state index contributed by atoms with van der Waals surface area (Å²) < 4.78 is 14.3. The number of fused-ring (bicyclic) bond motifs is 1. The second-order valence-corrected chi connectivity index (χ2v) is 9.00. The first-order chi connectivity index (χ1) is 19.3. The van der Waals surface area contributed by atoms with Crippen molar-refractivity contribution in [3.8, 4) is 5.75 Å². The molecule has 0 aliphatic heterocycles. The second-order valence-electron chi connectivity index (χ2n) is 9.00. The highest BCUT2D eigenvalue weighted by atomic mass is 16.5. The predicted molar refractivity (Wildman–Crippen MR) is 150 cm³/mol. The SMILES string of the molecule is CCn1nc(C)cc1C(=O)Nc1nc2cc(C(=O)NC)cc(OC)c2n1CCCNC(=O)OCc1ccccc1. The van der Waals surface area contributed by atoms with Gasteiger partial charge in [-0.2, -0.15) is 5.10 Å². The molecule has 12 heteroatoms. The number of hydrogen-bond acceptors (Lipinski definition) is 7. The van der Waals surface area contributed by atoms with E-state index in [-0.39, 0.29) is 24.4 Å². The van der Waals surface area contributed by atoms with E-state index in [1.165, 1.54) is 7.11 Å². The van der Waals surface area contributed by atoms with Crippen LogP contribution in [0.5, 0.6) is 5.75 Å². The summed E-state index contributed by atoms with van der Waals surface area (Å²) in [6, 6.07) is 14.4. The number of nitrogens with one attached hydrogen (secondary N) is 3. The molecular formula is C28H33N7O5. The molecule has 0 bridgehead atoms. The largest absolute Gasteiger partial charge is 0.494 e.